The number of benzene rings is 2. The van der Waals surface area contributed by atoms with Gasteiger partial charge in [0.05, 0.1) is 12.8 Å². The van der Waals surface area contributed by atoms with Gasteiger partial charge in [-0.3, -0.25) is 4.79 Å². The molecule has 1 aliphatic rings. The molecule has 2 heterocycles. The summed E-state index contributed by atoms with van der Waals surface area (Å²) in [5, 5.41) is 11.0. The largest absolute Gasteiger partial charge is 0.497 e. The number of carbonyl (C=O) groups excluding carboxylic acids is 1. The molecule has 1 aliphatic heterocycles. The molecule has 0 spiro atoms. The Morgan fingerprint density at radius 3 is 2.70 bits per heavy atom. The number of ether oxygens (including phenoxy) is 2. The monoisotopic (exact) mass is 365 g/mol. The SMILES string of the molecule is COc1ccc2c(c1)CCCN2C(=O)COc1ccc(-n2cnnn2)cc1. The lowest BCUT2D eigenvalue weighted by Crippen LogP contribution is -2.38. The maximum absolute atomic E-state index is 12.7. The molecule has 1 amide bonds. The van der Waals surface area contributed by atoms with Crippen LogP contribution in [0, 0.1) is 0 Å². The van der Waals surface area contributed by atoms with E-state index < -0.39 is 0 Å². The second kappa shape index (κ2) is 7.45. The van der Waals surface area contributed by atoms with Crippen molar-refractivity contribution < 1.29 is 14.3 Å². The minimum absolute atomic E-state index is 0.0182. The van der Waals surface area contributed by atoms with Gasteiger partial charge in [0.15, 0.2) is 6.61 Å². The maximum atomic E-state index is 12.7. The Morgan fingerprint density at radius 2 is 1.96 bits per heavy atom. The molecule has 0 aliphatic carbocycles. The van der Waals surface area contributed by atoms with Crippen LogP contribution in [0.15, 0.2) is 48.8 Å². The van der Waals surface area contributed by atoms with Crippen LogP contribution in [0.3, 0.4) is 0 Å². The van der Waals surface area contributed by atoms with Crippen molar-refractivity contribution in [3.63, 3.8) is 0 Å². The van der Waals surface area contributed by atoms with E-state index in [4.69, 9.17) is 9.47 Å². The molecule has 4 rings (SSSR count). The van der Waals surface area contributed by atoms with Gasteiger partial charge in [-0.2, -0.15) is 0 Å². The van der Waals surface area contributed by atoms with E-state index in [1.807, 2.05) is 30.3 Å². The Balaban J connectivity index is 1.41. The summed E-state index contributed by atoms with van der Waals surface area (Å²) < 4.78 is 12.5. The van der Waals surface area contributed by atoms with E-state index in [2.05, 4.69) is 15.5 Å². The lowest BCUT2D eigenvalue weighted by atomic mass is 10.0. The quantitative estimate of drug-likeness (QED) is 0.688. The molecule has 0 fully saturated rings. The summed E-state index contributed by atoms with van der Waals surface area (Å²) >= 11 is 0. The molecule has 27 heavy (non-hydrogen) atoms. The number of hydrogen-bond donors (Lipinski definition) is 0. The van der Waals surface area contributed by atoms with E-state index >= 15 is 0 Å². The van der Waals surface area contributed by atoms with Crippen LogP contribution in [0.5, 0.6) is 11.5 Å². The number of methoxy groups -OCH3 is 1. The van der Waals surface area contributed by atoms with E-state index in [0.717, 1.165) is 35.5 Å². The maximum Gasteiger partial charge on any atom is 0.264 e. The first-order chi connectivity index (χ1) is 13.2. The third-order valence-corrected chi connectivity index (χ3v) is 4.52. The predicted molar refractivity (Wildman–Crippen MR) is 98.3 cm³/mol. The molecular formula is C19H19N5O3. The van der Waals surface area contributed by atoms with Crippen molar-refractivity contribution in [1.82, 2.24) is 20.2 Å². The highest BCUT2D eigenvalue weighted by atomic mass is 16.5. The van der Waals surface area contributed by atoms with Gasteiger partial charge in [-0.25, -0.2) is 4.68 Å². The summed E-state index contributed by atoms with van der Waals surface area (Å²) in [7, 11) is 1.64. The Labute approximate surface area is 156 Å². The Bertz CT molecular complexity index is 925. The molecule has 3 aromatic rings. The molecule has 0 radical (unpaired) electrons. The zero-order valence-corrected chi connectivity index (χ0v) is 14.9. The fraction of sp³-hybridized carbons (Fsp3) is 0.263. The molecule has 1 aromatic heterocycles. The van der Waals surface area contributed by atoms with Crippen LogP contribution in [0.25, 0.3) is 5.69 Å². The summed E-state index contributed by atoms with van der Waals surface area (Å²) in [5.74, 6) is 1.36. The Hall–Kier alpha value is -3.42. The zero-order valence-electron chi connectivity index (χ0n) is 14.9. The highest BCUT2D eigenvalue weighted by Gasteiger charge is 2.23. The molecule has 138 valence electrons. The Kier molecular flexibility index (Phi) is 4.69. The van der Waals surface area contributed by atoms with Gasteiger partial charge in [0.25, 0.3) is 5.91 Å². The molecule has 0 N–H and O–H groups in total. The molecule has 0 saturated carbocycles. The molecule has 8 nitrogen and oxygen atoms in total. The van der Waals surface area contributed by atoms with Gasteiger partial charge in [-0.15, -0.1) is 5.10 Å². The van der Waals surface area contributed by atoms with E-state index in [0.29, 0.717) is 12.3 Å². The highest BCUT2D eigenvalue weighted by molar-refractivity contribution is 5.95. The van der Waals surface area contributed by atoms with E-state index in [9.17, 15) is 4.79 Å². The highest BCUT2D eigenvalue weighted by Crippen LogP contribution is 2.30. The topological polar surface area (TPSA) is 82.4 Å². The van der Waals surface area contributed by atoms with Crippen LogP contribution in [-0.4, -0.2) is 46.4 Å². The van der Waals surface area contributed by atoms with Gasteiger partial charge < -0.3 is 14.4 Å². The van der Waals surface area contributed by atoms with Crippen molar-refractivity contribution in [2.45, 2.75) is 12.8 Å². The molecule has 0 saturated heterocycles. The molecule has 2 aromatic carbocycles. The predicted octanol–water partition coefficient (Wildman–Crippen LogP) is 2.03. The van der Waals surface area contributed by atoms with Crippen LogP contribution in [0.4, 0.5) is 5.69 Å². The minimum atomic E-state index is -0.0642. The number of tetrazole rings is 1. The standard InChI is InChI=1S/C19H19N5O3/c1-26-17-8-9-18-14(11-17)3-2-10-23(18)19(25)12-27-16-6-4-15(5-7-16)24-13-20-21-22-24/h4-9,11,13H,2-3,10,12H2,1H3. The number of carbonyl (C=O) groups is 1. The average molecular weight is 365 g/mol. The first-order valence-electron chi connectivity index (χ1n) is 8.68. The first-order valence-corrected chi connectivity index (χ1v) is 8.68. The number of hydrogen-bond acceptors (Lipinski definition) is 6. The van der Waals surface area contributed by atoms with Crippen molar-refractivity contribution in [2.24, 2.45) is 0 Å². The van der Waals surface area contributed by atoms with Crippen LogP contribution in [-0.2, 0) is 11.2 Å². The van der Waals surface area contributed by atoms with Crippen LogP contribution < -0.4 is 14.4 Å². The molecule has 0 unspecified atom stereocenters. The number of aromatic nitrogens is 4. The summed E-state index contributed by atoms with van der Waals surface area (Å²) in [4.78, 5) is 14.5. The number of nitrogens with zero attached hydrogens (tertiary/aromatic N) is 5. The number of fused-ring (bicyclic) bond motifs is 1. The van der Waals surface area contributed by atoms with Gasteiger partial charge in [-0.05, 0) is 71.3 Å². The van der Waals surface area contributed by atoms with Gasteiger partial charge in [0, 0.05) is 12.2 Å². The van der Waals surface area contributed by atoms with E-state index in [-0.39, 0.29) is 12.5 Å². The van der Waals surface area contributed by atoms with Gasteiger partial charge in [0.1, 0.15) is 17.8 Å². The van der Waals surface area contributed by atoms with E-state index in [1.165, 1.54) is 6.33 Å². The Morgan fingerprint density at radius 1 is 1.15 bits per heavy atom. The first kappa shape index (κ1) is 17.0. The van der Waals surface area contributed by atoms with Crippen LogP contribution in [0.2, 0.25) is 0 Å². The lowest BCUT2D eigenvalue weighted by molar-refractivity contribution is -0.120. The minimum Gasteiger partial charge on any atom is -0.497 e. The van der Waals surface area contributed by atoms with Gasteiger partial charge in [-0.1, -0.05) is 0 Å². The molecule has 0 bridgehead atoms. The average Bonchev–Trinajstić information content (AvgIpc) is 3.26. The summed E-state index contributed by atoms with van der Waals surface area (Å²) in [6.07, 6.45) is 3.38. The summed E-state index contributed by atoms with van der Waals surface area (Å²) in [6, 6.07) is 13.1. The second-order valence-electron chi connectivity index (χ2n) is 6.18. The van der Waals surface area contributed by atoms with Crippen molar-refractivity contribution in [3.05, 3.63) is 54.4 Å². The van der Waals surface area contributed by atoms with Gasteiger partial charge >= 0.3 is 0 Å². The van der Waals surface area contributed by atoms with Gasteiger partial charge in [0.2, 0.25) is 0 Å². The molecular weight excluding hydrogens is 346 g/mol. The smallest absolute Gasteiger partial charge is 0.264 e. The van der Waals surface area contributed by atoms with E-state index in [1.54, 1.807) is 28.8 Å². The number of aryl methyl sites for hydroxylation is 1. The van der Waals surface area contributed by atoms with Crippen molar-refractivity contribution in [1.29, 1.82) is 0 Å². The number of anilines is 1. The summed E-state index contributed by atoms with van der Waals surface area (Å²) in [6.45, 7) is 0.676. The third-order valence-electron chi connectivity index (χ3n) is 4.52. The number of rotatable bonds is 5. The molecule has 0 atom stereocenters. The van der Waals surface area contributed by atoms with Crippen LogP contribution >= 0.6 is 0 Å². The normalized spacial score (nSPS) is 13.1. The fourth-order valence-corrected chi connectivity index (χ4v) is 3.16. The summed E-state index contributed by atoms with van der Waals surface area (Å²) in [5.41, 5.74) is 2.88. The zero-order chi connectivity index (χ0) is 18.6. The third kappa shape index (κ3) is 3.59. The number of amides is 1. The van der Waals surface area contributed by atoms with Crippen LogP contribution in [0.1, 0.15) is 12.0 Å². The second-order valence-corrected chi connectivity index (χ2v) is 6.18. The molecule has 8 heteroatoms. The van der Waals surface area contributed by atoms with Crippen molar-refractivity contribution in [2.75, 3.05) is 25.2 Å². The lowest BCUT2D eigenvalue weighted by Gasteiger charge is -2.29. The van der Waals surface area contributed by atoms with Crippen molar-refractivity contribution >= 4 is 11.6 Å². The van der Waals surface area contributed by atoms with Crippen molar-refractivity contribution in [3.8, 4) is 17.2 Å². The fourth-order valence-electron chi connectivity index (χ4n) is 3.16.